The maximum atomic E-state index is 13.0. The van der Waals surface area contributed by atoms with Gasteiger partial charge in [-0.25, -0.2) is 0 Å². The van der Waals surface area contributed by atoms with Gasteiger partial charge < -0.3 is 25.3 Å². The number of likely N-dealkylation sites (tertiary alicyclic amines) is 1. The second-order valence-corrected chi connectivity index (χ2v) is 10.4. The molecular weight excluding hydrogens is 506 g/mol. The molecule has 2 fully saturated rings. The molecule has 5 rings (SSSR count). The van der Waals surface area contributed by atoms with Crippen molar-refractivity contribution in [3.05, 3.63) is 71.5 Å². The minimum absolute atomic E-state index is 0.190. The SMILES string of the molecule is Cc1ccccc1N1CCN(c2ccc(C(=O)NCCCN3CCCC3=O)cc2NC(=O)c2ccn(C)n2)CC1. The number of nitrogens with zero attached hydrogens (tertiary/aromatic N) is 5. The predicted molar refractivity (Wildman–Crippen MR) is 156 cm³/mol. The summed E-state index contributed by atoms with van der Waals surface area (Å²) >= 11 is 0. The topological polar surface area (TPSA) is 103 Å². The molecule has 0 atom stereocenters. The lowest BCUT2D eigenvalue weighted by Gasteiger charge is -2.38. The number of rotatable bonds is 9. The fourth-order valence-corrected chi connectivity index (χ4v) is 5.40. The Morgan fingerprint density at radius 2 is 1.68 bits per heavy atom. The van der Waals surface area contributed by atoms with Crippen LogP contribution in [0.4, 0.5) is 17.1 Å². The highest BCUT2D eigenvalue weighted by Crippen LogP contribution is 2.30. The van der Waals surface area contributed by atoms with E-state index in [1.165, 1.54) is 11.3 Å². The van der Waals surface area contributed by atoms with Crippen LogP contribution in [0.1, 0.15) is 45.7 Å². The molecule has 0 aliphatic carbocycles. The molecule has 2 aliphatic heterocycles. The molecule has 0 spiro atoms. The summed E-state index contributed by atoms with van der Waals surface area (Å²) in [5.74, 6) is -0.347. The third-order valence-corrected chi connectivity index (χ3v) is 7.59. The molecule has 2 N–H and O–H groups in total. The third-order valence-electron chi connectivity index (χ3n) is 7.59. The highest BCUT2D eigenvalue weighted by Gasteiger charge is 2.23. The smallest absolute Gasteiger partial charge is 0.276 e. The summed E-state index contributed by atoms with van der Waals surface area (Å²) in [4.78, 5) is 44.3. The van der Waals surface area contributed by atoms with E-state index >= 15 is 0 Å². The summed E-state index contributed by atoms with van der Waals surface area (Å²) in [5.41, 5.74) is 4.72. The first-order valence-electron chi connectivity index (χ1n) is 14.0. The minimum Gasteiger partial charge on any atom is -0.368 e. The van der Waals surface area contributed by atoms with Gasteiger partial charge in [0.1, 0.15) is 0 Å². The predicted octanol–water partition coefficient (Wildman–Crippen LogP) is 3.05. The van der Waals surface area contributed by atoms with E-state index in [0.717, 1.165) is 44.8 Å². The van der Waals surface area contributed by atoms with Crippen molar-refractivity contribution in [2.45, 2.75) is 26.2 Å². The lowest BCUT2D eigenvalue weighted by atomic mass is 10.1. The molecular formula is C30H37N7O3. The van der Waals surface area contributed by atoms with Gasteiger partial charge in [-0.2, -0.15) is 5.10 Å². The molecule has 2 aromatic carbocycles. The second kappa shape index (κ2) is 12.2. The number of nitrogens with one attached hydrogen (secondary N) is 2. The van der Waals surface area contributed by atoms with Crippen LogP contribution in [-0.2, 0) is 11.8 Å². The summed E-state index contributed by atoms with van der Waals surface area (Å²) in [6, 6.07) is 15.5. The molecule has 3 aromatic rings. The minimum atomic E-state index is -0.326. The monoisotopic (exact) mass is 543 g/mol. The van der Waals surface area contributed by atoms with Gasteiger partial charge in [0.15, 0.2) is 5.69 Å². The normalized spacial score (nSPS) is 15.4. The number of hydrogen-bond donors (Lipinski definition) is 2. The van der Waals surface area contributed by atoms with Crippen molar-refractivity contribution in [1.82, 2.24) is 20.0 Å². The number of anilines is 3. The van der Waals surface area contributed by atoms with Gasteiger partial charge in [-0.15, -0.1) is 0 Å². The number of carbonyl (C=O) groups is 3. The van der Waals surface area contributed by atoms with Gasteiger partial charge in [0.2, 0.25) is 5.91 Å². The Labute approximate surface area is 234 Å². The van der Waals surface area contributed by atoms with Crippen LogP contribution in [0.25, 0.3) is 0 Å². The number of aryl methyl sites for hydroxylation is 2. The van der Waals surface area contributed by atoms with Gasteiger partial charge in [0, 0.05) is 76.7 Å². The average molecular weight is 544 g/mol. The van der Waals surface area contributed by atoms with Crippen molar-refractivity contribution in [2.75, 3.05) is 60.9 Å². The quantitative estimate of drug-likeness (QED) is 0.402. The Kier molecular flexibility index (Phi) is 8.33. The standard InChI is InChI=1S/C30H37N7O3/c1-22-7-3-4-8-26(22)35-17-19-36(20-18-35)27-11-10-23(21-25(27)32-30(40)24-12-16-34(2)33-24)29(39)31-13-6-15-37-14-5-9-28(37)38/h3-4,7-8,10-12,16,21H,5-6,9,13-15,17-20H2,1-2H3,(H,31,39)(H,32,40). The van der Waals surface area contributed by atoms with E-state index in [1.807, 2.05) is 11.0 Å². The van der Waals surface area contributed by atoms with E-state index in [-0.39, 0.29) is 17.7 Å². The van der Waals surface area contributed by atoms with E-state index in [9.17, 15) is 14.4 Å². The van der Waals surface area contributed by atoms with Crippen LogP contribution in [-0.4, -0.2) is 78.2 Å². The van der Waals surface area contributed by atoms with Crippen LogP contribution < -0.4 is 20.4 Å². The van der Waals surface area contributed by atoms with Crippen LogP contribution in [0, 0.1) is 6.92 Å². The Bertz CT molecular complexity index is 1380. The van der Waals surface area contributed by atoms with E-state index in [0.29, 0.717) is 42.9 Å². The molecule has 40 heavy (non-hydrogen) atoms. The molecule has 10 nitrogen and oxygen atoms in total. The highest BCUT2D eigenvalue weighted by molar-refractivity contribution is 6.06. The second-order valence-electron chi connectivity index (χ2n) is 10.4. The van der Waals surface area contributed by atoms with E-state index < -0.39 is 0 Å². The number of piperazine rings is 1. The van der Waals surface area contributed by atoms with Crippen molar-refractivity contribution in [2.24, 2.45) is 7.05 Å². The largest absolute Gasteiger partial charge is 0.368 e. The summed E-state index contributed by atoms with van der Waals surface area (Å²) < 4.78 is 1.58. The van der Waals surface area contributed by atoms with Crippen molar-refractivity contribution in [3.8, 4) is 0 Å². The summed E-state index contributed by atoms with van der Waals surface area (Å²) in [6.07, 6.45) is 3.95. The lowest BCUT2D eigenvalue weighted by Crippen LogP contribution is -2.47. The number of hydrogen-bond acceptors (Lipinski definition) is 6. The Morgan fingerprint density at radius 3 is 2.35 bits per heavy atom. The maximum absolute atomic E-state index is 13.0. The number of carbonyl (C=O) groups excluding carboxylic acids is 3. The molecule has 210 valence electrons. The highest BCUT2D eigenvalue weighted by atomic mass is 16.2. The van der Waals surface area contributed by atoms with Crippen molar-refractivity contribution >= 4 is 34.8 Å². The first-order valence-corrected chi connectivity index (χ1v) is 14.0. The van der Waals surface area contributed by atoms with Crippen LogP contribution in [0.15, 0.2) is 54.7 Å². The number of aromatic nitrogens is 2. The van der Waals surface area contributed by atoms with Gasteiger partial charge in [-0.1, -0.05) is 18.2 Å². The van der Waals surface area contributed by atoms with Gasteiger partial charge in [0.25, 0.3) is 11.8 Å². The van der Waals surface area contributed by atoms with Crippen LogP contribution in [0.2, 0.25) is 0 Å². The van der Waals surface area contributed by atoms with Crippen LogP contribution in [0.5, 0.6) is 0 Å². The lowest BCUT2D eigenvalue weighted by molar-refractivity contribution is -0.127. The maximum Gasteiger partial charge on any atom is 0.276 e. The van der Waals surface area contributed by atoms with E-state index in [4.69, 9.17) is 0 Å². The first-order chi connectivity index (χ1) is 19.4. The zero-order valence-corrected chi connectivity index (χ0v) is 23.2. The van der Waals surface area contributed by atoms with Crippen molar-refractivity contribution in [3.63, 3.8) is 0 Å². The molecule has 0 saturated carbocycles. The molecule has 2 saturated heterocycles. The molecule has 0 bridgehead atoms. The molecule has 1 aromatic heterocycles. The van der Waals surface area contributed by atoms with Crippen LogP contribution >= 0.6 is 0 Å². The third kappa shape index (κ3) is 6.27. The molecule has 2 aliphatic rings. The van der Waals surface area contributed by atoms with Gasteiger partial charge >= 0.3 is 0 Å². The summed E-state index contributed by atoms with van der Waals surface area (Å²) in [6.45, 7) is 7.30. The Balaban J connectivity index is 1.28. The molecule has 0 radical (unpaired) electrons. The van der Waals surface area contributed by atoms with Crippen LogP contribution in [0.3, 0.4) is 0 Å². The molecule has 3 heterocycles. The molecule has 0 unspecified atom stereocenters. The van der Waals surface area contributed by atoms with E-state index in [1.54, 1.807) is 36.1 Å². The fourth-order valence-electron chi connectivity index (χ4n) is 5.40. The van der Waals surface area contributed by atoms with Gasteiger partial charge in [0.05, 0.1) is 11.4 Å². The zero-order chi connectivity index (χ0) is 28.1. The number of amides is 3. The zero-order valence-electron chi connectivity index (χ0n) is 23.2. The number of benzene rings is 2. The Morgan fingerprint density at radius 1 is 0.925 bits per heavy atom. The summed E-state index contributed by atoms with van der Waals surface area (Å²) in [7, 11) is 1.76. The number of para-hydroxylation sites is 1. The molecule has 10 heteroatoms. The van der Waals surface area contributed by atoms with Crippen molar-refractivity contribution < 1.29 is 14.4 Å². The first kappa shape index (κ1) is 27.2. The van der Waals surface area contributed by atoms with Gasteiger partial charge in [-0.3, -0.25) is 19.1 Å². The molecule has 3 amide bonds. The fraction of sp³-hybridized carbons (Fsp3) is 0.400. The average Bonchev–Trinajstić information content (AvgIpc) is 3.59. The van der Waals surface area contributed by atoms with Crippen molar-refractivity contribution in [1.29, 1.82) is 0 Å². The summed E-state index contributed by atoms with van der Waals surface area (Å²) in [5, 5.41) is 10.2. The van der Waals surface area contributed by atoms with Gasteiger partial charge in [-0.05, 0) is 55.7 Å². The Hall–Kier alpha value is -4.34. The van der Waals surface area contributed by atoms with E-state index in [2.05, 4.69) is 56.7 Å².